The molecule has 1 fully saturated rings. The van der Waals surface area contributed by atoms with Crippen molar-refractivity contribution in [2.24, 2.45) is 5.73 Å². The van der Waals surface area contributed by atoms with Crippen LogP contribution in [0.15, 0.2) is 22.7 Å². The summed E-state index contributed by atoms with van der Waals surface area (Å²) in [5.74, 6) is 0. The lowest BCUT2D eigenvalue weighted by atomic mass is 10.2. The smallest absolute Gasteiger partial charge is 0.0486 e. The first-order chi connectivity index (χ1) is 7.29. The Kier molecular flexibility index (Phi) is 3.65. The van der Waals surface area contributed by atoms with E-state index < -0.39 is 0 Å². The molecule has 1 aliphatic rings. The first-order valence-electron chi connectivity index (χ1n) is 5.54. The van der Waals surface area contributed by atoms with Gasteiger partial charge in [0.15, 0.2) is 0 Å². The maximum atomic E-state index is 5.59. The molecule has 1 aromatic rings. The fourth-order valence-corrected chi connectivity index (χ4v) is 2.63. The van der Waals surface area contributed by atoms with Crippen molar-refractivity contribution in [2.75, 3.05) is 5.32 Å². The summed E-state index contributed by atoms with van der Waals surface area (Å²) in [5, 5.41) is 3.57. The number of rotatable bonds is 3. The van der Waals surface area contributed by atoms with Crippen LogP contribution in [0.1, 0.15) is 31.2 Å². The molecule has 0 bridgehead atoms. The third kappa shape index (κ3) is 2.73. The normalized spacial score (nSPS) is 16.9. The summed E-state index contributed by atoms with van der Waals surface area (Å²) < 4.78 is 1.12. The summed E-state index contributed by atoms with van der Waals surface area (Å²) in [6.45, 7) is 0.600. The monoisotopic (exact) mass is 268 g/mol. The van der Waals surface area contributed by atoms with Crippen molar-refractivity contribution in [3.8, 4) is 0 Å². The highest BCUT2D eigenvalue weighted by Gasteiger charge is 2.15. The summed E-state index contributed by atoms with van der Waals surface area (Å²) in [5.41, 5.74) is 7.95. The minimum Gasteiger partial charge on any atom is -0.381 e. The van der Waals surface area contributed by atoms with E-state index in [2.05, 4.69) is 39.4 Å². The summed E-state index contributed by atoms with van der Waals surface area (Å²) in [6, 6.07) is 6.95. The van der Waals surface area contributed by atoms with Gasteiger partial charge in [-0.05, 0) is 46.5 Å². The van der Waals surface area contributed by atoms with Crippen LogP contribution in [-0.2, 0) is 6.54 Å². The fourth-order valence-electron chi connectivity index (χ4n) is 2.09. The van der Waals surface area contributed by atoms with Crippen LogP contribution in [0.4, 0.5) is 5.69 Å². The summed E-state index contributed by atoms with van der Waals surface area (Å²) in [4.78, 5) is 0. The van der Waals surface area contributed by atoms with Gasteiger partial charge in [-0.1, -0.05) is 18.9 Å². The molecule has 15 heavy (non-hydrogen) atoms. The highest BCUT2D eigenvalue weighted by Crippen LogP contribution is 2.28. The van der Waals surface area contributed by atoms with E-state index >= 15 is 0 Å². The Balaban J connectivity index is 2.07. The van der Waals surface area contributed by atoms with Crippen molar-refractivity contribution in [1.82, 2.24) is 0 Å². The van der Waals surface area contributed by atoms with Crippen molar-refractivity contribution in [3.05, 3.63) is 28.2 Å². The molecule has 0 radical (unpaired) electrons. The molecule has 1 aliphatic carbocycles. The van der Waals surface area contributed by atoms with Crippen LogP contribution in [0.5, 0.6) is 0 Å². The molecule has 0 aromatic heterocycles. The molecule has 3 N–H and O–H groups in total. The number of benzene rings is 1. The van der Waals surface area contributed by atoms with Gasteiger partial charge >= 0.3 is 0 Å². The lowest BCUT2D eigenvalue weighted by Crippen LogP contribution is -2.14. The van der Waals surface area contributed by atoms with Crippen LogP contribution in [0.3, 0.4) is 0 Å². The lowest BCUT2D eigenvalue weighted by molar-refractivity contribution is 0.755. The average molecular weight is 269 g/mol. The van der Waals surface area contributed by atoms with Crippen molar-refractivity contribution >= 4 is 21.6 Å². The predicted octanol–water partition coefficient (Wildman–Crippen LogP) is 3.26. The van der Waals surface area contributed by atoms with E-state index in [1.807, 2.05) is 0 Å². The Morgan fingerprint density at radius 2 is 2.07 bits per heavy atom. The van der Waals surface area contributed by atoms with E-state index in [9.17, 15) is 0 Å². The Bertz CT molecular complexity index is 332. The van der Waals surface area contributed by atoms with Crippen LogP contribution in [0.25, 0.3) is 0 Å². The minimum atomic E-state index is 0.600. The van der Waals surface area contributed by atoms with E-state index in [-0.39, 0.29) is 0 Å². The van der Waals surface area contributed by atoms with Crippen LogP contribution in [0.2, 0.25) is 0 Å². The second kappa shape index (κ2) is 4.99. The van der Waals surface area contributed by atoms with Gasteiger partial charge < -0.3 is 11.1 Å². The van der Waals surface area contributed by atoms with Crippen LogP contribution >= 0.6 is 15.9 Å². The second-order valence-electron chi connectivity index (χ2n) is 4.14. The topological polar surface area (TPSA) is 38.0 Å². The summed E-state index contributed by atoms with van der Waals surface area (Å²) in [7, 11) is 0. The van der Waals surface area contributed by atoms with Gasteiger partial charge in [0.25, 0.3) is 0 Å². The third-order valence-corrected chi connectivity index (χ3v) is 3.64. The van der Waals surface area contributed by atoms with Crippen molar-refractivity contribution in [1.29, 1.82) is 0 Å². The lowest BCUT2D eigenvalue weighted by Gasteiger charge is -2.15. The van der Waals surface area contributed by atoms with Crippen molar-refractivity contribution in [2.45, 2.75) is 38.3 Å². The largest absolute Gasteiger partial charge is 0.381 e. The van der Waals surface area contributed by atoms with Gasteiger partial charge in [0, 0.05) is 22.7 Å². The van der Waals surface area contributed by atoms with Gasteiger partial charge in [0.05, 0.1) is 0 Å². The zero-order valence-electron chi connectivity index (χ0n) is 8.80. The molecule has 0 aliphatic heterocycles. The number of nitrogens with one attached hydrogen (secondary N) is 1. The summed E-state index contributed by atoms with van der Waals surface area (Å²) in [6.07, 6.45) is 5.31. The highest BCUT2D eigenvalue weighted by molar-refractivity contribution is 9.10. The fraction of sp³-hybridized carbons (Fsp3) is 0.500. The van der Waals surface area contributed by atoms with Gasteiger partial charge in [-0.3, -0.25) is 0 Å². The van der Waals surface area contributed by atoms with Gasteiger partial charge in [0.2, 0.25) is 0 Å². The van der Waals surface area contributed by atoms with E-state index in [1.165, 1.54) is 36.9 Å². The van der Waals surface area contributed by atoms with E-state index in [0.717, 1.165) is 4.47 Å². The van der Waals surface area contributed by atoms with E-state index in [0.29, 0.717) is 12.6 Å². The van der Waals surface area contributed by atoms with Crippen LogP contribution in [0, 0.1) is 0 Å². The third-order valence-electron chi connectivity index (χ3n) is 2.98. The molecule has 82 valence electrons. The molecule has 0 saturated heterocycles. The molecule has 3 heteroatoms. The Labute approximate surface area is 99.4 Å². The first kappa shape index (κ1) is 11.0. The maximum Gasteiger partial charge on any atom is 0.0486 e. The number of nitrogens with two attached hydrogens (primary N) is 1. The number of hydrogen-bond donors (Lipinski definition) is 2. The first-order valence-corrected chi connectivity index (χ1v) is 6.34. The predicted molar refractivity (Wildman–Crippen MR) is 67.9 cm³/mol. The van der Waals surface area contributed by atoms with E-state index in [1.54, 1.807) is 0 Å². The Hall–Kier alpha value is -0.540. The molecule has 0 unspecified atom stereocenters. The molecular weight excluding hydrogens is 252 g/mol. The number of hydrogen-bond acceptors (Lipinski definition) is 2. The van der Waals surface area contributed by atoms with Gasteiger partial charge in [0.1, 0.15) is 0 Å². The number of halogens is 1. The van der Waals surface area contributed by atoms with Gasteiger partial charge in [-0.25, -0.2) is 0 Å². The molecule has 0 spiro atoms. The Morgan fingerprint density at radius 3 is 2.67 bits per heavy atom. The zero-order valence-corrected chi connectivity index (χ0v) is 10.4. The minimum absolute atomic E-state index is 0.600. The van der Waals surface area contributed by atoms with Crippen LogP contribution in [-0.4, -0.2) is 6.04 Å². The molecule has 2 rings (SSSR count). The zero-order chi connectivity index (χ0) is 10.7. The van der Waals surface area contributed by atoms with Crippen molar-refractivity contribution in [3.63, 3.8) is 0 Å². The number of anilines is 1. The summed E-state index contributed by atoms with van der Waals surface area (Å²) >= 11 is 3.58. The maximum absolute atomic E-state index is 5.59. The Morgan fingerprint density at radius 1 is 1.33 bits per heavy atom. The molecule has 0 heterocycles. The van der Waals surface area contributed by atoms with Gasteiger partial charge in [-0.15, -0.1) is 0 Å². The quantitative estimate of drug-likeness (QED) is 0.883. The van der Waals surface area contributed by atoms with E-state index in [4.69, 9.17) is 5.73 Å². The molecule has 1 saturated carbocycles. The molecule has 0 amide bonds. The molecule has 2 nitrogen and oxygen atoms in total. The molecule has 0 atom stereocenters. The molecular formula is C12H17BrN2. The SMILES string of the molecule is NCc1ccc(NC2CCCC2)c(Br)c1. The highest BCUT2D eigenvalue weighted by atomic mass is 79.9. The standard InChI is InChI=1S/C12H17BrN2/c13-11-7-9(8-14)5-6-12(11)15-10-3-1-2-4-10/h5-7,10,15H,1-4,8,14H2. The van der Waals surface area contributed by atoms with Crippen LogP contribution < -0.4 is 11.1 Å². The van der Waals surface area contributed by atoms with Crippen molar-refractivity contribution < 1.29 is 0 Å². The van der Waals surface area contributed by atoms with Gasteiger partial charge in [-0.2, -0.15) is 0 Å². The molecule has 1 aromatic carbocycles. The second-order valence-corrected chi connectivity index (χ2v) is 5.00. The average Bonchev–Trinajstić information content (AvgIpc) is 2.74.